The van der Waals surface area contributed by atoms with Crippen molar-refractivity contribution in [2.75, 3.05) is 6.61 Å². The topological polar surface area (TPSA) is 27.1 Å². The van der Waals surface area contributed by atoms with E-state index in [0.29, 0.717) is 6.61 Å². The molecule has 100 valence electrons. The fourth-order valence-electron chi connectivity index (χ4n) is 2.41. The number of rotatable bonds is 4. The Balaban J connectivity index is 1.71. The molecule has 0 saturated carbocycles. The normalized spacial score (nSPS) is 11.9. The van der Waals surface area contributed by atoms with Crippen molar-refractivity contribution in [1.29, 1.82) is 0 Å². The summed E-state index contributed by atoms with van der Waals surface area (Å²) in [5, 5.41) is 1.29. The molecule has 0 unspecified atom stereocenters. The molecule has 0 spiro atoms. The largest absolute Gasteiger partial charge is 0.361 e. The summed E-state index contributed by atoms with van der Waals surface area (Å²) in [6, 6.07) is 18.6. The lowest BCUT2D eigenvalue weighted by molar-refractivity contribution is -0.269. The first kappa shape index (κ1) is 12.7. The maximum absolute atomic E-state index is 5.85. The van der Waals surface area contributed by atoms with Crippen molar-refractivity contribution in [2.24, 2.45) is 0 Å². The van der Waals surface area contributed by atoms with Gasteiger partial charge in [0.1, 0.15) is 0 Å². The minimum absolute atomic E-state index is 0.697. The molecule has 0 bridgehead atoms. The number of fused-ring (bicyclic) bond motifs is 1. The van der Waals surface area contributed by atoms with E-state index in [1.807, 2.05) is 31.2 Å². The highest BCUT2D eigenvalue weighted by molar-refractivity contribution is 5.94. The lowest BCUT2D eigenvalue weighted by Crippen LogP contribution is -1.98. The zero-order chi connectivity index (χ0) is 13.8. The molecule has 0 aliphatic rings. The van der Waals surface area contributed by atoms with E-state index >= 15 is 0 Å². The number of hydrogen-bond donors (Lipinski definition) is 1. The summed E-state index contributed by atoms with van der Waals surface area (Å²) >= 11 is 0. The number of aromatic amines is 1. The van der Waals surface area contributed by atoms with Gasteiger partial charge in [-0.3, -0.25) is 4.42 Å². The van der Waals surface area contributed by atoms with Crippen LogP contribution in [0.1, 0.15) is 22.5 Å². The number of benzene rings is 2. The molecule has 3 rings (SSSR count). The van der Waals surface area contributed by atoms with Gasteiger partial charge in [-0.05, 0) is 23.8 Å². The summed E-state index contributed by atoms with van der Waals surface area (Å²) < 4.78 is 5.85. The van der Waals surface area contributed by atoms with Gasteiger partial charge in [-0.1, -0.05) is 36.4 Å². The second kappa shape index (κ2) is 5.74. The number of ketones is 1. The van der Waals surface area contributed by atoms with E-state index in [1.54, 1.807) is 0 Å². The smallest absolute Gasteiger partial charge is 0.323 e. The van der Waals surface area contributed by atoms with Crippen LogP contribution in [0, 0.1) is 0 Å². The molecule has 1 aromatic heterocycles. The lowest BCUT2D eigenvalue weighted by atomic mass is 10.1. The number of para-hydroxylation sites is 1. The van der Waals surface area contributed by atoms with Crippen molar-refractivity contribution < 1.29 is 4.42 Å². The van der Waals surface area contributed by atoms with E-state index in [4.69, 9.17) is 4.42 Å². The fourth-order valence-corrected chi connectivity index (χ4v) is 2.41. The molecule has 0 aliphatic carbocycles. The SMILES string of the molecule is CC(=[O+]CCc1c[nH]c2ccccc12)c1ccccc1. The third-order valence-electron chi connectivity index (χ3n) is 3.55. The molecule has 2 heteroatoms. The average Bonchev–Trinajstić information content (AvgIpc) is 2.92. The highest BCUT2D eigenvalue weighted by Crippen LogP contribution is 2.18. The van der Waals surface area contributed by atoms with Gasteiger partial charge in [0.15, 0.2) is 0 Å². The van der Waals surface area contributed by atoms with Crippen LogP contribution >= 0.6 is 0 Å². The standard InChI is InChI=1S/C18H18NO/c1-14(15-7-3-2-4-8-15)20-12-11-16-13-19-18-10-6-5-9-17(16)18/h2-10,13,19H,11-12H2,1H3/q+1. The summed E-state index contributed by atoms with van der Waals surface area (Å²) in [5.74, 6) is 0.977. The van der Waals surface area contributed by atoms with Gasteiger partial charge in [0, 0.05) is 17.1 Å². The Labute approximate surface area is 118 Å². The van der Waals surface area contributed by atoms with Crippen molar-refractivity contribution in [3.8, 4) is 0 Å². The maximum atomic E-state index is 5.85. The van der Waals surface area contributed by atoms with Crippen LogP contribution < -0.4 is 0 Å². The Bertz CT molecular complexity index is 725. The Morgan fingerprint density at radius 2 is 1.75 bits per heavy atom. The van der Waals surface area contributed by atoms with Gasteiger partial charge in [-0.15, -0.1) is 0 Å². The van der Waals surface area contributed by atoms with E-state index in [0.717, 1.165) is 17.8 Å². The van der Waals surface area contributed by atoms with Crippen LogP contribution in [-0.4, -0.2) is 17.4 Å². The predicted molar refractivity (Wildman–Crippen MR) is 83.3 cm³/mol. The number of carbonyl (C=O) groups excluding carboxylic acids is 1. The minimum atomic E-state index is 0.697. The minimum Gasteiger partial charge on any atom is -0.361 e. The van der Waals surface area contributed by atoms with Crippen molar-refractivity contribution in [3.05, 3.63) is 71.9 Å². The van der Waals surface area contributed by atoms with Gasteiger partial charge in [0.05, 0.1) is 18.9 Å². The average molecular weight is 264 g/mol. The van der Waals surface area contributed by atoms with Crippen molar-refractivity contribution >= 4 is 16.7 Å². The monoisotopic (exact) mass is 264 g/mol. The first-order valence-corrected chi connectivity index (χ1v) is 6.91. The molecule has 0 amide bonds. The van der Waals surface area contributed by atoms with Crippen LogP contribution in [0.5, 0.6) is 0 Å². The number of nitrogens with one attached hydrogen (secondary N) is 1. The van der Waals surface area contributed by atoms with E-state index in [9.17, 15) is 0 Å². The summed E-state index contributed by atoms with van der Waals surface area (Å²) in [7, 11) is 0. The first-order valence-electron chi connectivity index (χ1n) is 6.91. The van der Waals surface area contributed by atoms with Crippen LogP contribution in [-0.2, 0) is 6.42 Å². The second-order valence-corrected chi connectivity index (χ2v) is 4.88. The molecule has 20 heavy (non-hydrogen) atoms. The van der Waals surface area contributed by atoms with Gasteiger partial charge >= 0.3 is 5.78 Å². The number of aromatic nitrogens is 1. The molecule has 2 aromatic carbocycles. The third-order valence-corrected chi connectivity index (χ3v) is 3.55. The molecule has 3 aromatic rings. The molecule has 0 radical (unpaired) electrons. The quantitative estimate of drug-likeness (QED) is 0.541. The molecular formula is C18H18NO+. The summed E-state index contributed by atoms with van der Waals surface area (Å²) in [6.45, 7) is 2.72. The highest BCUT2D eigenvalue weighted by Gasteiger charge is 2.09. The molecule has 1 heterocycles. The summed E-state index contributed by atoms with van der Waals surface area (Å²) in [4.78, 5) is 3.30. The van der Waals surface area contributed by atoms with E-state index in [1.165, 1.54) is 16.5 Å². The van der Waals surface area contributed by atoms with Crippen molar-refractivity contribution in [3.63, 3.8) is 0 Å². The zero-order valence-electron chi connectivity index (χ0n) is 11.6. The lowest BCUT2D eigenvalue weighted by Gasteiger charge is -1.93. The Morgan fingerprint density at radius 1 is 1.00 bits per heavy atom. The molecule has 0 aliphatic heterocycles. The van der Waals surface area contributed by atoms with Gasteiger partial charge in [-0.2, -0.15) is 0 Å². The molecule has 0 fully saturated rings. The Hall–Kier alpha value is -2.35. The van der Waals surface area contributed by atoms with Crippen LogP contribution in [0.25, 0.3) is 10.9 Å². The molecule has 2 nitrogen and oxygen atoms in total. The van der Waals surface area contributed by atoms with Gasteiger partial charge < -0.3 is 4.98 Å². The van der Waals surface area contributed by atoms with Gasteiger partial charge in [0.25, 0.3) is 6.61 Å². The molecule has 0 saturated heterocycles. The number of H-pyrrole nitrogens is 1. The van der Waals surface area contributed by atoms with Crippen LogP contribution in [0.3, 0.4) is 0 Å². The molecule has 0 atom stereocenters. The van der Waals surface area contributed by atoms with E-state index in [2.05, 4.69) is 41.5 Å². The predicted octanol–water partition coefficient (Wildman–Crippen LogP) is 4.15. The van der Waals surface area contributed by atoms with Crippen molar-refractivity contribution in [1.82, 2.24) is 4.98 Å². The van der Waals surface area contributed by atoms with Crippen LogP contribution in [0.2, 0.25) is 0 Å². The molecular weight excluding hydrogens is 246 g/mol. The van der Waals surface area contributed by atoms with Crippen molar-refractivity contribution in [2.45, 2.75) is 13.3 Å². The Kier molecular flexibility index (Phi) is 3.64. The number of hydrogen-bond acceptors (Lipinski definition) is 0. The fraction of sp³-hybridized carbons (Fsp3) is 0.167. The van der Waals surface area contributed by atoms with Gasteiger partial charge in [-0.25, -0.2) is 0 Å². The Morgan fingerprint density at radius 3 is 2.60 bits per heavy atom. The molecule has 1 N–H and O–H groups in total. The van der Waals surface area contributed by atoms with Crippen LogP contribution in [0.15, 0.2) is 60.8 Å². The third kappa shape index (κ3) is 2.64. The van der Waals surface area contributed by atoms with E-state index in [-0.39, 0.29) is 0 Å². The highest BCUT2D eigenvalue weighted by atomic mass is 16.4. The maximum Gasteiger partial charge on any atom is 0.323 e. The first-order chi connectivity index (χ1) is 9.84. The summed E-state index contributed by atoms with van der Waals surface area (Å²) in [5.41, 5.74) is 3.64. The van der Waals surface area contributed by atoms with Gasteiger partial charge in [0.2, 0.25) is 0 Å². The summed E-state index contributed by atoms with van der Waals surface area (Å²) in [6.07, 6.45) is 2.99. The van der Waals surface area contributed by atoms with E-state index < -0.39 is 0 Å². The van der Waals surface area contributed by atoms with Crippen LogP contribution in [0.4, 0.5) is 0 Å². The zero-order valence-corrected chi connectivity index (χ0v) is 11.6. The second-order valence-electron chi connectivity index (χ2n) is 4.88.